The van der Waals surface area contributed by atoms with E-state index in [0.717, 1.165) is 39.9 Å². The maximum Gasteiger partial charge on any atom is 0.161 e. The molecule has 29 heavy (non-hydrogen) atoms. The van der Waals surface area contributed by atoms with Crippen LogP contribution in [0.3, 0.4) is 0 Å². The Morgan fingerprint density at radius 3 is 2.07 bits per heavy atom. The first kappa shape index (κ1) is 18.8. The maximum absolute atomic E-state index is 5.52. The summed E-state index contributed by atoms with van der Waals surface area (Å²) in [6.45, 7) is 0. The lowest BCUT2D eigenvalue weighted by Crippen LogP contribution is -1.98. The SMILES string of the molecule is COc1ccc(-c2cc3cc(OC)c(OC)cc3c(Cc3ccccc3)n2)cc1. The summed E-state index contributed by atoms with van der Waals surface area (Å²) >= 11 is 0. The monoisotopic (exact) mass is 385 g/mol. The van der Waals surface area contributed by atoms with Crippen LogP contribution in [0.2, 0.25) is 0 Å². The summed E-state index contributed by atoms with van der Waals surface area (Å²) in [4.78, 5) is 5.02. The Morgan fingerprint density at radius 1 is 0.724 bits per heavy atom. The number of benzene rings is 3. The van der Waals surface area contributed by atoms with Crippen LogP contribution in [-0.4, -0.2) is 26.3 Å². The highest BCUT2D eigenvalue weighted by molar-refractivity contribution is 5.91. The van der Waals surface area contributed by atoms with Crippen molar-refractivity contribution in [3.63, 3.8) is 0 Å². The molecule has 1 aromatic heterocycles. The van der Waals surface area contributed by atoms with Crippen molar-refractivity contribution in [3.05, 3.63) is 84.1 Å². The fourth-order valence-electron chi connectivity index (χ4n) is 3.48. The van der Waals surface area contributed by atoms with Crippen LogP contribution in [0, 0.1) is 0 Å². The highest BCUT2D eigenvalue weighted by Crippen LogP contribution is 2.36. The Kier molecular flexibility index (Phi) is 5.34. The summed E-state index contributed by atoms with van der Waals surface area (Å²) < 4.78 is 16.3. The van der Waals surface area contributed by atoms with Crippen LogP contribution in [0.1, 0.15) is 11.3 Å². The molecule has 4 nitrogen and oxygen atoms in total. The zero-order valence-electron chi connectivity index (χ0n) is 16.8. The summed E-state index contributed by atoms with van der Waals surface area (Å²) in [6.07, 6.45) is 0.733. The first-order chi connectivity index (χ1) is 14.2. The molecule has 0 fully saturated rings. The van der Waals surface area contributed by atoms with Gasteiger partial charge in [0.2, 0.25) is 0 Å². The van der Waals surface area contributed by atoms with Crippen LogP contribution < -0.4 is 14.2 Å². The average molecular weight is 385 g/mol. The minimum atomic E-state index is 0.702. The van der Waals surface area contributed by atoms with E-state index in [1.54, 1.807) is 21.3 Å². The van der Waals surface area contributed by atoms with Gasteiger partial charge in [0.05, 0.1) is 32.7 Å². The third-order valence-corrected chi connectivity index (χ3v) is 5.01. The van der Waals surface area contributed by atoms with Gasteiger partial charge in [-0.3, -0.25) is 4.98 Å². The van der Waals surface area contributed by atoms with Crippen molar-refractivity contribution in [2.75, 3.05) is 21.3 Å². The van der Waals surface area contributed by atoms with Gasteiger partial charge in [-0.2, -0.15) is 0 Å². The third-order valence-electron chi connectivity index (χ3n) is 5.01. The Morgan fingerprint density at radius 2 is 1.41 bits per heavy atom. The van der Waals surface area contributed by atoms with E-state index >= 15 is 0 Å². The number of hydrogen-bond donors (Lipinski definition) is 0. The highest BCUT2D eigenvalue weighted by Gasteiger charge is 2.13. The Labute approximate surface area is 170 Å². The van der Waals surface area contributed by atoms with E-state index in [1.165, 1.54) is 5.56 Å². The van der Waals surface area contributed by atoms with Gasteiger partial charge in [-0.25, -0.2) is 0 Å². The van der Waals surface area contributed by atoms with E-state index in [4.69, 9.17) is 19.2 Å². The van der Waals surface area contributed by atoms with E-state index in [-0.39, 0.29) is 0 Å². The van der Waals surface area contributed by atoms with E-state index < -0.39 is 0 Å². The molecule has 0 saturated heterocycles. The standard InChI is InChI=1S/C25H23NO3/c1-27-20-11-9-18(10-12-20)22-14-19-15-24(28-2)25(29-3)16-21(19)23(26-22)13-17-7-5-4-6-8-17/h4-12,14-16H,13H2,1-3H3. The first-order valence-corrected chi connectivity index (χ1v) is 9.46. The lowest BCUT2D eigenvalue weighted by molar-refractivity contribution is 0.356. The van der Waals surface area contributed by atoms with E-state index in [0.29, 0.717) is 11.5 Å². The summed E-state index contributed by atoms with van der Waals surface area (Å²) in [6, 6.07) is 24.4. The van der Waals surface area contributed by atoms with E-state index in [2.05, 4.69) is 30.3 Å². The smallest absolute Gasteiger partial charge is 0.161 e. The maximum atomic E-state index is 5.52. The van der Waals surface area contributed by atoms with Gasteiger partial charge in [-0.05, 0) is 53.4 Å². The molecule has 0 bridgehead atoms. The van der Waals surface area contributed by atoms with Gasteiger partial charge in [-0.1, -0.05) is 30.3 Å². The molecule has 0 atom stereocenters. The second-order valence-corrected chi connectivity index (χ2v) is 6.77. The van der Waals surface area contributed by atoms with Gasteiger partial charge in [0.1, 0.15) is 5.75 Å². The number of ether oxygens (including phenoxy) is 3. The predicted octanol–water partition coefficient (Wildman–Crippen LogP) is 5.52. The summed E-state index contributed by atoms with van der Waals surface area (Å²) in [7, 11) is 4.97. The molecule has 0 aliphatic heterocycles. The molecule has 4 rings (SSSR count). The Balaban J connectivity index is 1.90. The number of rotatable bonds is 6. The van der Waals surface area contributed by atoms with Gasteiger partial charge in [-0.15, -0.1) is 0 Å². The molecule has 0 saturated carbocycles. The van der Waals surface area contributed by atoms with Gasteiger partial charge >= 0.3 is 0 Å². The average Bonchev–Trinajstić information content (AvgIpc) is 2.78. The lowest BCUT2D eigenvalue weighted by atomic mass is 10.00. The summed E-state index contributed by atoms with van der Waals surface area (Å²) in [5.41, 5.74) is 4.17. The van der Waals surface area contributed by atoms with Crippen LogP contribution in [0.25, 0.3) is 22.0 Å². The zero-order valence-corrected chi connectivity index (χ0v) is 16.8. The van der Waals surface area contributed by atoms with Crippen molar-refractivity contribution in [1.82, 2.24) is 4.98 Å². The summed E-state index contributed by atoms with van der Waals surface area (Å²) in [5, 5.41) is 2.12. The highest BCUT2D eigenvalue weighted by atomic mass is 16.5. The molecular weight excluding hydrogens is 362 g/mol. The molecule has 0 amide bonds. The number of hydrogen-bond acceptors (Lipinski definition) is 4. The number of fused-ring (bicyclic) bond motifs is 1. The molecule has 0 unspecified atom stereocenters. The largest absolute Gasteiger partial charge is 0.497 e. The number of aromatic nitrogens is 1. The van der Waals surface area contributed by atoms with Crippen LogP contribution in [0.4, 0.5) is 0 Å². The van der Waals surface area contributed by atoms with Crippen molar-refractivity contribution in [2.45, 2.75) is 6.42 Å². The second kappa shape index (κ2) is 8.23. The molecule has 1 heterocycles. The fraction of sp³-hybridized carbons (Fsp3) is 0.160. The van der Waals surface area contributed by atoms with Crippen molar-refractivity contribution in [3.8, 4) is 28.5 Å². The molecular formula is C25H23NO3. The molecule has 146 valence electrons. The quantitative estimate of drug-likeness (QED) is 0.438. The minimum absolute atomic E-state index is 0.702. The molecule has 3 aromatic carbocycles. The van der Waals surface area contributed by atoms with Gasteiger partial charge < -0.3 is 14.2 Å². The lowest BCUT2D eigenvalue weighted by Gasteiger charge is -2.14. The minimum Gasteiger partial charge on any atom is -0.497 e. The molecule has 0 radical (unpaired) electrons. The van der Waals surface area contributed by atoms with Crippen LogP contribution in [0.15, 0.2) is 72.8 Å². The first-order valence-electron chi connectivity index (χ1n) is 9.46. The molecule has 0 aliphatic carbocycles. The third kappa shape index (κ3) is 3.87. The van der Waals surface area contributed by atoms with Crippen molar-refractivity contribution in [1.29, 1.82) is 0 Å². The topological polar surface area (TPSA) is 40.6 Å². The van der Waals surface area contributed by atoms with Gasteiger partial charge in [0, 0.05) is 17.4 Å². The number of pyridine rings is 1. The van der Waals surface area contributed by atoms with Crippen LogP contribution in [0.5, 0.6) is 17.2 Å². The molecule has 0 spiro atoms. The van der Waals surface area contributed by atoms with E-state index in [1.807, 2.05) is 42.5 Å². The molecule has 4 aromatic rings. The van der Waals surface area contributed by atoms with Crippen LogP contribution in [-0.2, 0) is 6.42 Å². The Hall–Kier alpha value is -3.53. The molecule has 4 heteroatoms. The van der Waals surface area contributed by atoms with Crippen molar-refractivity contribution in [2.24, 2.45) is 0 Å². The van der Waals surface area contributed by atoms with Gasteiger partial charge in [0.15, 0.2) is 11.5 Å². The van der Waals surface area contributed by atoms with Crippen molar-refractivity contribution < 1.29 is 14.2 Å². The molecule has 0 N–H and O–H groups in total. The summed E-state index contributed by atoms with van der Waals surface area (Å²) in [5.74, 6) is 2.23. The second-order valence-electron chi connectivity index (χ2n) is 6.77. The fourth-order valence-corrected chi connectivity index (χ4v) is 3.48. The van der Waals surface area contributed by atoms with E-state index in [9.17, 15) is 0 Å². The van der Waals surface area contributed by atoms with Crippen LogP contribution >= 0.6 is 0 Å². The number of nitrogens with zero attached hydrogens (tertiary/aromatic N) is 1. The zero-order chi connectivity index (χ0) is 20.2. The van der Waals surface area contributed by atoms with Gasteiger partial charge in [0.25, 0.3) is 0 Å². The Bertz CT molecular complexity index is 1120. The molecule has 0 aliphatic rings. The number of methoxy groups -OCH3 is 3. The van der Waals surface area contributed by atoms with Crippen molar-refractivity contribution >= 4 is 10.8 Å². The normalized spacial score (nSPS) is 10.7. The predicted molar refractivity (Wildman–Crippen MR) is 116 cm³/mol.